The first-order valence-electron chi connectivity index (χ1n) is 9.17. The number of rotatable bonds is 2. The highest BCUT2D eigenvalue weighted by Gasteiger charge is 2.15. The van der Waals surface area contributed by atoms with Crippen LogP contribution in [0.2, 0.25) is 0 Å². The molecule has 0 N–H and O–H groups in total. The van der Waals surface area contributed by atoms with Gasteiger partial charge in [-0.1, -0.05) is 24.3 Å². The summed E-state index contributed by atoms with van der Waals surface area (Å²) in [7, 11) is 0. The summed E-state index contributed by atoms with van der Waals surface area (Å²) < 4.78 is 3.62. The van der Waals surface area contributed by atoms with Crippen LogP contribution in [-0.4, -0.2) is 14.5 Å². The van der Waals surface area contributed by atoms with Gasteiger partial charge in [0.25, 0.3) is 0 Å². The van der Waals surface area contributed by atoms with Crippen LogP contribution < -0.4 is 0 Å². The molecular weight excluding hydrogens is 362 g/mol. The van der Waals surface area contributed by atoms with E-state index in [2.05, 4.69) is 68.4 Å². The zero-order valence-electron chi connectivity index (χ0n) is 14.9. The van der Waals surface area contributed by atoms with Crippen molar-refractivity contribution < 1.29 is 0 Å². The second-order valence-corrected chi connectivity index (χ2v) is 7.71. The van der Waals surface area contributed by atoms with Gasteiger partial charge in [-0.15, -0.1) is 11.3 Å². The van der Waals surface area contributed by atoms with Crippen LogP contribution in [0.15, 0.2) is 90.6 Å². The number of thiophene rings is 1. The van der Waals surface area contributed by atoms with Crippen molar-refractivity contribution in [1.29, 1.82) is 0 Å². The third-order valence-electron chi connectivity index (χ3n) is 5.20. The maximum atomic E-state index is 4.69. The zero-order chi connectivity index (χ0) is 18.5. The average molecular weight is 377 g/mol. The normalized spacial score (nSPS) is 11.6. The van der Waals surface area contributed by atoms with E-state index in [9.17, 15) is 0 Å². The minimum atomic E-state index is 0.880. The highest BCUT2D eigenvalue weighted by molar-refractivity contribution is 7.17. The van der Waals surface area contributed by atoms with Gasteiger partial charge in [0.1, 0.15) is 0 Å². The molecule has 0 aliphatic carbocycles. The summed E-state index contributed by atoms with van der Waals surface area (Å²) in [6.07, 6.45) is 3.73. The Kier molecular flexibility index (Phi) is 3.34. The number of fused-ring (bicyclic) bond motifs is 5. The first kappa shape index (κ1) is 15.5. The van der Waals surface area contributed by atoms with Gasteiger partial charge in [-0.05, 0) is 53.9 Å². The monoisotopic (exact) mass is 377 g/mol. The predicted molar refractivity (Wildman–Crippen MR) is 117 cm³/mol. The molecule has 4 aromatic heterocycles. The molecule has 28 heavy (non-hydrogen) atoms. The van der Waals surface area contributed by atoms with Crippen LogP contribution in [0.5, 0.6) is 0 Å². The van der Waals surface area contributed by atoms with E-state index in [-0.39, 0.29) is 0 Å². The van der Waals surface area contributed by atoms with Crippen molar-refractivity contribution in [3.63, 3.8) is 0 Å². The van der Waals surface area contributed by atoms with Crippen molar-refractivity contribution in [1.82, 2.24) is 14.5 Å². The molecule has 4 heteroatoms. The lowest BCUT2D eigenvalue weighted by Gasteiger charge is -2.08. The Bertz CT molecular complexity index is 1440. The molecule has 0 aliphatic heterocycles. The molecule has 0 spiro atoms. The van der Waals surface area contributed by atoms with Gasteiger partial charge in [0.2, 0.25) is 0 Å². The minimum absolute atomic E-state index is 0.880. The van der Waals surface area contributed by atoms with Crippen molar-refractivity contribution >= 4 is 43.2 Å². The fourth-order valence-electron chi connectivity index (χ4n) is 3.97. The third-order valence-corrected chi connectivity index (χ3v) is 6.08. The fraction of sp³-hybridized carbons (Fsp3) is 0. The smallest absolute Gasteiger partial charge is 0.0887 e. The molecular formula is C24H15N3S. The molecule has 0 bridgehead atoms. The Morgan fingerprint density at radius 1 is 0.679 bits per heavy atom. The first-order valence-corrected chi connectivity index (χ1v) is 10.1. The number of aromatic nitrogens is 3. The molecule has 4 heterocycles. The van der Waals surface area contributed by atoms with Gasteiger partial charge in [-0.25, -0.2) is 0 Å². The van der Waals surface area contributed by atoms with E-state index in [0.717, 1.165) is 17.1 Å². The molecule has 0 saturated heterocycles. The molecule has 0 unspecified atom stereocenters. The Balaban J connectivity index is 1.63. The largest absolute Gasteiger partial charge is 0.308 e. The maximum Gasteiger partial charge on any atom is 0.0887 e. The Morgan fingerprint density at radius 3 is 2.43 bits per heavy atom. The van der Waals surface area contributed by atoms with Crippen LogP contribution in [0.3, 0.4) is 0 Å². The van der Waals surface area contributed by atoms with Crippen LogP contribution >= 0.6 is 11.3 Å². The van der Waals surface area contributed by atoms with E-state index < -0.39 is 0 Å². The van der Waals surface area contributed by atoms with E-state index in [1.807, 2.05) is 30.5 Å². The summed E-state index contributed by atoms with van der Waals surface area (Å²) in [5.41, 5.74) is 5.23. The number of pyridine rings is 2. The number of benzene rings is 2. The summed E-state index contributed by atoms with van der Waals surface area (Å²) in [4.78, 5) is 9.09. The number of nitrogens with zero attached hydrogens (tertiary/aromatic N) is 3. The fourth-order valence-corrected chi connectivity index (χ4v) is 4.77. The van der Waals surface area contributed by atoms with E-state index in [1.54, 1.807) is 17.5 Å². The average Bonchev–Trinajstić information content (AvgIpc) is 3.36. The lowest BCUT2D eigenvalue weighted by atomic mass is 10.1. The molecule has 0 atom stereocenters. The summed E-state index contributed by atoms with van der Waals surface area (Å²) in [5, 5.41) is 6.06. The van der Waals surface area contributed by atoms with Gasteiger partial charge < -0.3 is 4.57 Å². The highest BCUT2D eigenvalue weighted by atomic mass is 32.1. The Labute approximate surface area is 165 Å². The molecule has 0 radical (unpaired) electrons. The summed E-state index contributed by atoms with van der Waals surface area (Å²) in [6.45, 7) is 0. The zero-order valence-corrected chi connectivity index (χ0v) is 15.7. The quantitative estimate of drug-likeness (QED) is 0.347. The van der Waals surface area contributed by atoms with Gasteiger partial charge >= 0.3 is 0 Å². The summed E-state index contributed by atoms with van der Waals surface area (Å²) >= 11 is 1.79. The molecule has 132 valence electrons. The standard InChI is InChI=1S/C24H15N3S/c1-2-7-21-17(5-1)24-18-12-14-28-23(18)11-10-22(24)27(21)16-8-9-20(26-15-16)19-6-3-4-13-25-19/h1-15H. The molecule has 2 aromatic carbocycles. The molecule has 6 aromatic rings. The van der Waals surface area contributed by atoms with Crippen LogP contribution in [-0.2, 0) is 0 Å². The minimum Gasteiger partial charge on any atom is -0.308 e. The van der Waals surface area contributed by atoms with Gasteiger partial charge in [0, 0.05) is 27.1 Å². The van der Waals surface area contributed by atoms with E-state index in [4.69, 9.17) is 0 Å². The van der Waals surface area contributed by atoms with E-state index in [1.165, 1.54) is 31.9 Å². The second kappa shape index (κ2) is 6.01. The molecule has 0 fully saturated rings. The molecule has 3 nitrogen and oxygen atoms in total. The number of para-hydroxylation sites is 1. The summed E-state index contributed by atoms with van der Waals surface area (Å²) in [5.74, 6) is 0. The van der Waals surface area contributed by atoms with Gasteiger partial charge in [0.05, 0.1) is 34.3 Å². The molecule has 0 saturated carbocycles. The lowest BCUT2D eigenvalue weighted by Crippen LogP contribution is -1.95. The lowest BCUT2D eigenvalue weighted by molar-refractivity contribution is 1.14. The molecule has 0 amide bonds. The topological polar surface area (TPSA) is 30.7 Å². The second-order valence-electron chi connectivity index (χ2n) is 6.76. The van der Waals surface area contributed by atoms with Gasteiger partial charge in [-0.3, -0.25) is 9.97 Å². The van der Waals surface area contributed by atoms with Crippen LogP contribution in [0.25, 0.3) is 49.0 Å². The summed E-state index contributed by atoms with van der Waals surface area (Å²) in [6, 6.07) is 25.3. The van der Waals surface area contributed by atoms with E-state index in [0.29, 0.717) is 0 Å². The Hall–Kier alpha value is -3.50. The van der Waals surface area contributed by atoms with Gasteiger partial charge in [-0.2, -0.15) is 0 Å². The van der Waals surface area contributed by atoms with E-state index >= 15 is 0 Å². The van der Waals surface area contributed by atoms with Gasteiger partial charge in [0.15, 0.2) is 0 Å². The first-order chi connectivity index (χ1) is 13.9. The van der Waals surface area contributed by atoms with Crippen LogP contribution in [0.1, 0.15) is 0 Å². The molecule has 6 rings (SSSR count). The maximum absolute atomic E-state index is 4.69. The third kappa shape index (κ3) is 2.22. The van der Waals surface area contributed by atoms with Crippen LogP contribution in [0, 0.1) is 0 Å². The van der Waals surface area contributed by atoms with Crippen molar-refractivity contribution in [2.24, 2.45) is 0 Å². The van der Waals surface area contributed by atoms with Crippen molar-refractivity contribution in [2.75, 3.05) is 0 Å². The molecule has 0 aliphatic rings. The van der Waals surface area contributed by atoms with Crippen LogP contribution in [0.4, 0.5) is 0 Å². The van der Waals surface area contributed by atoms with Crippen molar-refractivity contribution in [3.8, 4) is 17.1 Å². The highest BCUT2D eigenvalue weighted by Crippen LogP contribution is 2.38. The predicted octanol–water partition coefficient (Wildman–Crippen LogP) is 6.46. The Morgan fingerprint density at radius 2 is 1.57 bits per heavy atom. The van der Waals surface area contributed by atoms with Crippen molar-refractivity contribution in [3.05, 3.63) is 90.6 Å². The SMILES string of the molecule is c1ccc(-c2ccc(-n3c4ccccc4c4c5ccsc5ccc43)cn2)nc1. The number of hydrogen-bond donors (Lipinski definition) is 0. The van der Waals surface area contributed by atoms with Crippen molar-refractivity contribution in [2.45, 2.75) is 0 Å². The number of hydrogen-bond acceptors (Lipinski definition) is 3.